The van der Waals surface area contributed by atoms with Gasteiger partial charge in [-0.05, 0) is 0 Å². The van der Waals surface area contributed by atoms with Gasteiger partial charge in [-0.25, -0.2) is 14.8 Å². The molecule has 0 saturated carbocycles. The monoisotopic (exact) mass is 278 g/mol. The van der Waals surface area contributed by atoms with Gasteiger partial charge in [0.25, 0.3) is 0 Å². The zero-order valence-electron chi connectivity index (χ0n) is 11.7. The second-order valence-electron chi connectivity index (χ2n) is 4.68. The minimum Gasteiger partial charge on any atom is -0.477 e. The number of nitrogens with zero attached hydrogens (tertiary/aromatic N) is 4. The summed E-state index contributed by atoms with van der Waals surface area (Å²) >= 11 is 0. The second kappa shape index (κ2) is 5.85. The average molecular weight is 278 g/mol. The number of aromatic nitrogens is 2. The molecule has 0 atom stereocenters. The van der Waals surface area contributed by atoms with E-state index in [1.807, 2.05) is 11.8 Å². The zero-order chi connectivity index (χ0) is 14.7. The zero-order valence-corrected chi connectivity index (χ0v) is 11.7. The van der Waals surface area contributed by atoms with Crippen molar-refractivity contribution in [3.63, 3.8) is 0 Å². The normalized spacial score (nSPS) is 15.3. The van der Waals surface area contributed by atoms with Gasteiger partial charge in [-0.1, -0.05) is 6.92 Å². The third kappa shape index (κ3) is 3.04. The minimum absolute atomic E-state index is 0.0147. The summed E-state index contributed by atoms with van der Waals surface area (Å²) in [5.41, 5.74) is 0.0147. The van der Waals surface area contributed by atoms with E-state index < -0.39 is 5.97 Å². The van der Waals surface area contributed by atoms with Crippen LogP contribution < -0.4 is 4.90 Å². The lowest BCUT2D eigenvalue weighted by Gasteiger charge is -2.35. The molecule has 108 valence electrons. The van der Waals surface area contributed by atoms with Crippen LogP contribution >= 0.6 is 0 Å². The third-order valence-corrected chi connectivity index (χ3v) is 3.34. The van der Waals surface area contributed by atoms with Crippen LogP contribution in [-0.2, 0) is 11.2 Å². The lowest BCUT2D eigenvalue weighted by atomic mass is 10.3. The van der Waals surface area contributed by atoms with Crippen molar-refractivity contribution >= 4 is 17.7 Å². The van der Waals surface area contributed by atoms with Crippen molar-refractivity contribution in [2.45, 2.75) is 20.3 Å². The molecule has 1 N–H and O–H groups in total. The second-order valence-corrected chi connectivity index (χ2v) is 4.68. The third-order valence-electron chi connectivity index (χ3n) is 3.34. The fourth-order valence-electron chi connectivity index (χ4n) is 2.16. The molecule has 0 spiro atoms. The predicted octanol–water partition coefficient (Wildman–Crippen LogP) is 0.406. The Morgan fingerprint density at radius 1 is 1.25 bits per heavy atom. The quantitative estimate of drug-likeness (QED) is 0.861. The fraction of sp³-hybridized carbons (Fsp3) is 0.538. The number of carboxylic acids is 1. The van der Waals surface area contributed by atoms with E-state index in [-0.39, 0.29) is 11.6 Å². The maximum Gasteiger partial charge on any atom is 0.354 e. The van der Waals surface area contributed by atoms with E-state index in [4.69, 9.17) is 5.11 Å². The summed E-state index contributed by atoms with van der Waals surface area (Å²) in [6.45, 7) is 6.00. The van der Waals surface area contributed by atoms with Crippen molar-refractivity contribution in [2.75, 3.05) is 31.1 Å². The van der Waals surface area contributed by atoms with E-state index in [0.717, 1.165) is 0 Å². The Kier molecular flexibility index (Phi) is 4.16. The number of hydrogen-bond acceptors (Lipinski definition) is 5. The van der Waals surface area contributed by atoms with Crippen molar-refractivity contribution in [2.24, 2.45) is 0 Å². The molecule has 20 heavy (non-hydrogen) atoms. The Labute approximate surface area is 117 Å². The van der Waals surface area contributed by atoms with Crippen molar-refractivity contribution in [3.05, 3.63) is 17.6 Å². The SMILES string of the molecule is CCc1nc(C(=O)O)cc(N2CCN(C(C)=O)CC2)n1. The molecule has 0 unspecified atom stereocenters. The van der Waals surface area contributed by atoms with Gasteiger partial charge in [-0.15, -0.1) is 0 Å². The first-order valence-corrected chi connectivity index (χ1v) is 6.63. The standard InChI is InChI=1S/C13H18N4O3/c1-3-11-14-10(13(19)20)8-12(15-11)17-6-4-16(5-7-17)9(2)18/h8H,3-7H2,1-2H3,(H,19,20). The molecule has 0 aliphatic carbocycles. The van der Waals surface area contributed by atoms with Crippen molar-refractivity contribution in [1.82, 2.24) is 14.9 Å². The average Bonchev–Trinajstić information content (AvgIpc) is 2.46. The van der Waals surface area contributed by atoms with Crippen LogP contribution in [0.5, 0.6) is 0 Å². The molecule has 1 aromatic rings. The van der Waals surface area contributed by atoms with Gasteiger partial charge in [-0.2, -0.15) is 0 Å². The summed E-state index contributed by atoms with van der Waals surface area (Å²) in [6.07, 6.45) is 0.585. The number of carbonyl (C=O) groups is 2. The van der Waals surface area contributed by atoms with Gasteiger partial charge in [0.15, 0.2) is 5.69 Å². The fourth-order valence-corrected chi connectivity index (χ4v) is 2.16. The first-order valence-electron chi connectivity index (χ1n) is 6.63. The number of hydrogen-bond donors (Lipinski definition) is 1. The largest absolute Gasteiger partial charge is 0.477 e. The van der Waals surface area contributed by atoms with Gasteiger partial charge in [0.1, 0.15) is 11.6 Å². The Morgan fingerprint density at radius 2 is 1.90 bits per heavy atom. The predicted molar refractivity (Wildman–Crippen MR) is 72.8 cm³/mol. The van der Waals surface area contributed by atoms with Gasteiger partial charge in [0.2, 0.25) is 5.91 Å². The maximum absolute atomic E-state index is 11.3. The van der Waals surface area contributed by atoms with Crippen LogP contribution in [0, 0.1) is 0 Å². The maximum atomic E-state index is 11.3. The minimum atomic E-state index is -1.05. The molecular weight excluding hydrogens is 260 g/mol. The molecular formula is C13H18N4O3. The molecule has 0 bridgehead atoms. The molecule has 7 heteroatoms. The molecule has 0 aromatic carbocycles. The van der Waals surface area contributed by atoms with E-state index in [0.29, 0.717) is 44.2 Å². The summed E-state index contributed by atoms with van der Waals surface area (Å²) in [4.78, 5) is 34.5. The van der Waals surface area contributed by atoms with E-state index in [9.17, 15) is 9.59 Å². The molecule has 1 amide bonds. The van der Waals surface area contributed by atoms with Gasteiger partial charge in [0, 0.05) is 45.6 Å². The van der Waals surface area contributed by atoms with E-state index in [2.05, 4.69) is 9.97 Å². The van der Waals surface area contributed by atoms with E-state index in [1.54, 1.807) is 11.8 Å². The van der Waals surface area contributed by atoms with Crippen LogP contribution in [0.4, 0.5) is 5.82 Å². The first-order chi connectivity index (χ1) is 9.51. The molecule has 1 fully saturated rings. The lowest BCUT2D eigenvalue weighted by Crippen LogP contribution is -2.48. The lowest BCUT2D eigenvalue weighted by molar-refractivity contribution is -0.129. The summed E-state index contributed by atoms with van der Waals surface area (Å²) in [5, 5.41) is 9.08. The number of amides is 1. The van der Waals surface area contributed by atoms with E-state index >= 15 is 0 Å². The number of aromatic carboxylic acids is 1. The molecule has 1 aliphatic rings. The number of piperazine rings is 1. The van der Waals surface area contributed by atoms with Crippen LogP contribution in [0.15, 0.2) is 6.07 Å². The van der Waals surface area contributed by atoms with Crippen LogP contribution in [-0.4, -0.2) is 58.0 Å². The van der Waals surface area contributed by atoms with Gasteiger partial charge >= 0.3 is 5.97 Å². The molecule has 1 saturated heterocycles. The van der Waals surface area contributed by atoms with Gasteiger partial charge in [0.05, 0.1) is 0 Å². The Morgan fingerprint density at radius 3 is 2.40 bits per heavy atom. The smallest absolute Gasteiger partial charge is 0.354 e. The molecule has 7 nitrogen and oxygen atoms in total. The summed E-state index contributed by atoms with van der Waals surface area (Å²) in [6, 6.07) is 1.49. The number of carboxylic acid groups (broad SMARTS) is 1. The van der Waals surface area contributed by atoms with Gasteiger partial charge in [-0.3, -0.25) is 4.79 Å². The van der Waals surface area contributed by atoms with Crippen molar-refractivity contribution in [3.8, 4) is 0 Å². The van der Waals surface area contributed by atoms with E-state index in [1.165, 1.54) is 6.07 Å². The topological polar surface area (TPSA) is 86.6 Å². The highest BCUT2D eigenvalue weighted by atomic mass is 16.4. The van der Waals surface area contributed by atoms with Crippen molar-refractivity contribution < 1.29 is 14.7 Å². The summed E-state index contributed by atoms with van der Waals surface area (Å²) < 4.78 is 0. The van der Waals surface area contributed by atoms with Crippen molar-refractivity contribution in [1.29, 1.82) is 0 Å². The highest BCUT2D eigenvalue weighted by Crippen LogP contribution is 2.16. The Hall–Kier alpha value is -2.18. The highest BCUT2D eigenvalue weighted by molar-refractivity contribution is 5.86. The molecule has 1 aromatic heterocycles. The van der Waals surface area contributed by atoms with Crippen LogP contribution in [0.3, 0.4) is 0 Å². The molecule has 2 rings (SSSR count). The number of aryl methyl sites for hydroxylation is 1. The van der Waals surface area contributed by atoms with Crippen LogP contribution in [0.2, 0.25) is 0 Å². The number of rotatable bonds is 3. The molecule has 1 aliphatic heterocycles. The number of carbonyl (C=O) groups excluding carboxylic acids is 1. The van der Waals surface area contributed by atoms with Gasteiger partial charge < -0.3 is 14.9 Å². The van der Waals surface area contributed by atoms with Crippen LogP contribution in [0.25, 0.3) is 0 Å². The Balaban J connectivity index is 2.19. The molecule has 0 radical (unpaired) electrons. The van der Waals surface area contributed by atoms with Crippen LogP contribution in [0.1, 0.15) is 30.2 Å². The Bertz CT molecular complexity index is 524. The summed E-state index contributed by atoms with van der Waals surface area (Å²) in [7, 11) is 0. The highest BCUT2D eigenvalue weighted by Gasteiger charge is 2.21. The first kappa shape index (κ1) is 14.2. The summed E-state index contributed by atoms with van der Waals surface area (Å²) in [5.74, 6) is 0.157. The number of anilines is 1. The molecule has 2 heterocycles.